The summed E-state index contributed by atoms with van der Waals surface area (Å²) in [5, 5.41) is 0. The Hall–Kier alpha value is -3.31. The van der Waals surface area contributed by atoms with Crippen molar-refractivity contribution in [3.05, 3.63) is 90.1 Å². The number of carbonyl (C=O) groups is 1. The first-order valence-electron chi connectivity index (χ1n) is 7.99. The van der Waals surface area contributed by atoms with Crippen molar-refractivity contribution in [3.63, 3.8) is 0 Å². The quantitative estimate of drug-likeness (QED) is 0.786. The Morgan fingerprint density at radius 2 is 1.60 bits per heavy atom. The van der Waals surface area contributed by atoms with Crippen molar-refractivity contribution in [2.24, 2.45) is 10.7 Å². The lowest BCUT2D eigenvalue weighted by atomic mass is 10.0. The lowest BCUT2D eigenvalue weighted by molar-refractivity contribution is -0.118. The molecule has 0 radical (unpaired) electrons. The van der Waals surface area contributed by atoms with Gasteiger partial charge in [-0.25, -0.2) is 4.98 Å². The van der Waals surface area contributed by atoms with Crippen LogP contribution in [-0.2, 0) is 4.79 Å². The number of nitrogens with two attached hydrogens (primary N) is 1. The maximum atomic E-state index is 12.9. The summed E-state index contributed by atoms with van der Waals surface area (Å²) in [6.07, 6.45) is 0.658. The molecule has 5 nitrogen and oxygen atoms in total. The number of hydrogen-bond acceptors (Lipinski definition) is 4. The van der Waals surface area contributed by atoms with Gasteiger partial charge in [0, 0.05) is 17.3 Å². The van der Waals surface area contributed by atoms with Crippen LogP contribution in [-0.4, -0.2) is 22.8 Å². The van der Waals surface area contributed by atoms with Crippen LogP contribution in [0.1, 0.15) is 11.1 Å². The van der Waals surface area contributed by atoms with Crippen LogP contribution in [0.5, 0.6) is 0 Å². The van der Waals surface area contributed by atoms with E-state index in [4.69, 9.17) is 5.73 Å². The fourth-order valence-corrected chi connectivity index (χ4v) is 2.93. The fourth-order valence-electron chi connectivity index (χ4n) is 2.93. The van der Waals surface area contributed by atoms with Gasteiger partial charge in [-0.3, -0.25) is 14.7 Å². The van der Waals surface area contributed by atoms with E-state index in [0.717, 1.165) is 16.8 Å². The van der Waals surface area contributed by atoms with Crippen LogP contribution in [0.2, 0.25) is 0 Å². The number of aliphatic imine (C=N–C) groups is 1. The Labute approximate surface area is 145 Å². The highest BCUT2D eigenvalue weighted by molar-refractivity contribution is 6.21. The van der Waals surface area contributed by atoms with E-state index in [1.54, 1.807) is 17.2 Å². The van der Waals surface area contributed by atoms with Crippen molar-refractivity contribution in [3.8, 4) is 0 Å². The zero-order chi connectivity index (χ0) is 17.2. The number of anilines is 2. The SMILES string of the molecule is NC1N=C(c2ccccc2)c2ccccc2N(c2ccccn2)C1=O. The Morgan fingerprint density at radius 3 is 2.36 bits per heavy atom. The van der Waals surface area contributed by atoms with E-state index >= 15 is 0 Å². The van der Waals surface area contributed by atoms with E-state index < -0.39 is 6.17 Å². The van der Waals surface area contributed by atoms with Crippen LogP contribution >= 0.6 is 0 Å². The van der Waals surface area contributed by atoms with E-state index in [1.807, 2.05) is 66.7 Å². The van der Waals surface area contributed by atoms with Gasteiger partial charge in [-0.2, -0.15) is 0 Å². The molecule has 1 unspecified atom stereocenters. The van der Waals surface area contributed by atoms with Crippen LogP contribution in [0.3, 0.4) is 0 Å². The minimum absolute atomic E-state index is 0.308. The molecule has 0 aliphatic carbocycles. The molecule has 2 aromatic carbocycles. The largest absolute Gasteiger partial charge is 0.302 e. The molecule has 1 aliphatic rings. The topological polar surface area (TPSA) is 71.6 Å². The number of carbonyl (C=O) groups excluding carboxylic acids is 1. The number of aromatic nitrogens is 1. The number of pyridine rings is 1. The highest BCUT2D eigenvalue weighted by atomic mass is 16.2. The second-order valence-electron chi connectivity index (χ2n) is 5.67. The molecule has 2 N–H and O–H groups in total. The number of fused-ring (bicyclic) bond motifs is 1. The maximum absolute atomic E-state index is 12.9. The molecule has 0 saturated heterocycles. The number of benzodiazepines with no additional fused rings is 1. The Morgan fingerprint density at radius 1 is 0.880 bits per heavy atom. The van der Waals surface area contributed by atoms with Gasteiger partial charge in [0.1, 0.15) is 5.82 Å². The Kier molecular flexibility index (Phi) is 3.84. The lowest BCUT2D eigenvalue weighted by Gasteiger charge is -2.23. The zero-order valence-electron chi connectivity index (χ0n) is 13.4. The van der Waals surface area contributed by atoms with Gasteiger partial charge in [0.05, 0.1) is 11.4 Å². The summed E-state index contributed by atoms with van der Waals surface area (Å²) in [4.78, 5) is 23.3. The molecule has 2 heterocycles. The van der Waals surface area contributed by atoms with Gasteiger partial charge in [-0.15, -0.1) is 0 Å². The molecule has 122 valence electrons. The molecular formula is C20H16N4O. The summed E-state index contributed by atoms with van der Waals surface area (Å²) >= 11 is 0. The molecule has 0 fully saturated rings. The average Bonchev–Trinajstić information content (AvgIpc) is 2.78. The van der Waals surface area contributed by atoms with Gasteiger partial charge in [0.15, 0.2) is 6.17 Å². The number of para-hydroxylation sites is 1. The highest BCUT2D eigenvalue weighted by Crippen LogP contribution is 2.32. The van der Waals surface area contributed by atoms with Gasteiger partial charge in [0.25, 0.3) is 5.91 Å². The van der Waals surface area contributed by atoms with Crippen molar-refractivity contribution in [2.75, 3.05) is 4.90 Å². The van der Waals surface area contributed by atoms with Crippen molar-refractivity contribution >= 4 is 23.1 Å². The Balaban J connectivity index is 1.95. The second-order valence-corrected chi connectivity index (χ2v) is 5.67. The highest BCUT2D eigenvalue weighted by Gasteiger charge is 2.31. The van der Waals surface area contributed by atoms with Crippen molar-refractivity contribution in [1.82, 2.24) is 4.98 Å². The number of amides is 1. The predicted octanol–water partition coefficient (Wildman–Crippen LogP) is 2.88. The van der Waals surface area contributed by atoms with E-state index in [-0.39, 0.29) is 5.91 Å². The molecule has 0 saturated carbocycles. The minimum atomic E-state index is -0.996. The third kappa shape index (κ3) is 2.70. The summed E-state index contributed by atoms with van der Waals surface area (Å²) in [6.45, 7) is 0. The summed E-state index contributed by atoms with van der Waals surface area (Å²) in [6, 6.07) is 22.8. The number of rotatable bonds is 2. The summed E-state index contributed by atoms with van der Waals surface area (Å²) in [5.41, 5.74) is 9.30. The standard InChI is InChI=1S/C20H16N4O/c21-19-20(25)24(17-12-6-7-13-22-17)16-11-5-4-10-15(16)18(23-19)14-8-2-1-3-9-14/h1-13,19H,21H2. The summed E-state index contributed by atoms with van der Waals surface area (Å²) in [5.74, 6) is 0.219. The Bertz CT molecular complexity index is 938. The minimum Gasteiger partial charge on any atom is -0.302 e. The molecule has 0 bridgehead atoms. The van der Waals surface area contributed by atoms with Crippen LogP contribution in [0.4, 0.5) is 11.5 Å². The predicted molar refractivity (Wildman–Crippen MR) is 97.9 cm³/mol. The van der Waals surface area contributed by atoms with Gasteiger partial charge in [0.2, 0.25) is 0 Å². The number of benzene rings is 2. The zero-order valence-corrected chi connectivity index (χ0v) is 13.4. The number of nitrogens with zero attached hydrogens (tertiary/aromatic N) is 3. The van der Waals surface area contributed by atoms with E-state index in [1.165, 1.54) is 0 Å². The maximum Gasteiger partial charge on any atom is 0.272 e. The first-order valence-corrected chi connectivity index (χ1v) is 7.99. The average molecular weight is 328 g/mol. The molecule has 5 heteroatoms. The van der Waals surface area contributed by atoms with Gasteiger partial charge < -0.3 is 5.73 Å². The van der Waals surface area contributed by atoms with Gasteiger partial charge in [-0.1, -0.05) is 54.6 Å². The first kappa shape index (κ1) is 15.2. The molecular weight excluding hydrogens is 312 g/mol. The number of hydrogen-bond donors (Lipinski definition) is 1. The monoisotopic (exact) mass is 328 g/mol. The van der Waals surface area contributed by atoms with E-state index in [2.05, 4.69) is 9.98 Å². The van der Waals surface area contributed by atoms with Crippen LogP contribution in [0.15, 0.2) is 84.0 Å². The second kappa shape index (κ2) is 6.30. The van der Waals surface area contributed by atoms with Crippen LogP contribution in [0, 0.1) is 0 Å². The van der Waals surface area contributed by atoms with Crippen molar-refractivity contribution in [1.29, 1.82) is 0 Å². The van der Waals surface area contributed by atoms with Crippen molar-refractivity contribution in [2.45, 2.75) is 6.17 Å². The third-order valence-electron chi connectivity index (χ3n) is 4.07. The molecule has 25 heavy (non-hydrogen) atoms. The molecule has 1 amide bonds. The molecule has 3 aromatic rings. The third-order valence-corrected chi connectivity index (χ3v) is 4.07. The molecule has 1 aliphatic heterocycles. The molecule has 4 rings (SSSR count). The molecule has 1 atom stereocenters. The van der Waals surface area contributed by atoms with Gasteiger partial charge >= 0.3 is 0 Å². The molecule has 0 spiro atoms. The summed E-state index contributed by atoms with van der Waals surface area (Å²) in [7, 11) is 0. The molecule has 1 aromatic heterocycles. The van der Waals surface area contributed by atoms with Crippen LogP contribution in [0.25, 0.3) is 0 Å². The van der Waals surface area contributed by atoms with E-state index in [9.17, 15) is 4.79 Å². The van der Waals surface area contributed by atoms with Crippen molar-refractivity contribution < 1.29 is 4.79 Å². The van der Waals surface area contributed by atoms with E-state index in [0.29, 0.717) is 11.5 Å². The smallest absolute Gasteiger partial charge is 0.272 e. The normalized spacial score (nSPS) is 16.8. The lowest BCUT2D eigenvalue weighted by Crippen LogP contribution is -2.39. The first-order chi connectivity index (χ1) is 12.3. The van der Waals surface area contributed by atoms with Gasteiger partial charge in [-0.05, 0) is 18.2 Å². The fraction of sp³-hybridized carbons (Fsp3) is 0.0500. The summed E-state index contributed by atoms with van der Waals surface area (Å²) < 4.78 is 0. The van der Waals surface area contributed by atoms with Crippen LogP contribution < -0.4 is 10.6 Å².